The third-order valence-electron chi connectivity index (χ3n) is 12.8. The van der Waals surface area contributed by atoms with Crippen molar-refractivity contribution in [2.45, 2.75) is 38.5 Å². The van der Waals surface area contributed by atoms with Gasteiger partial charge in [-0.15, -0.1) is 0 Å². The van der Waals surface area contributed by atoms with Crippen LogP contribution in [0.3, 0.4) is 0 Å². The van der Waals surface area contributed by atoms with E-state index in [0.717, 1.165) is 5.69 Å². The van der Waals surface area contributed by atoms with E-state index in [9.17, 15) is 0 Å². The van der Waals surface area contributed by atoms with Gasteiger partial charge in [0.15, 0.2) is 0 Å². The van der Waals surface area contributed by atoms with Gasteiger partial charge in [0, 0.05) is 38.7 Å². The number of aromatic nitrogens is 1. The molecular formula is C54H42N2. The Bertz CT molecular complexity index is 3030. The van der Waals surface area contributed by atoms with Gasteiger partial charge in [0.2, 0.25) is 0 Å². The van der Waals surface area contributed by atoms with Crippen LogP contribution in [0.1, 0.15) is 49.9 Å². The summed E-state index contributed by atoms with van der Waals surface area (Å²) in [5, 5.41) is 2.52. The van der Waals surface area contributed by atoms with Gasteiger partial charge >= 0.3 is 0 Å². The molecule has 0 spiro atoms. The highest BCUT2D eigenvalue weighted by molar-refractivity contribution is 6.16. The van der Waals surface area contributed by atoms with Crippen LogP contribution in [-0.2, 0) is 10.8 Å². The molecule has 0 atom stereocenters. The molecule has 0 unspecified atom stereocenters. The number of rotatable bonds is 5. The fourth-order valence-electron chi connectivity index (χ4n) is 10.2. The molecular weight excluding hydrogens is 677 g/mol. The van der Waals surface area contributed by atoms with Gasteiger partial charge in [0.25, 0.3) is 0 Å². The minimum Gasteiger partial charge on any atom is -0.310 e. The normalized spacial score (nSPS) is 14.4. The molecule has 11 rings (SSSR count). The van der Waals surface area contributed by atoms with Crippen molar-refractivity contribution in [2.75, 3.05) is 4.90 Å². The van der Waals surface area contributed by atoms with Crippen molar-refractivity contribution >= 4 is 38.9 Å². The molecule has 56 heavy (non-hydrogen) atoms. The van der Waals surface area contributed by atoms with Gasteiger partial charge in [-0.3, -0.25) is 0 Å². The number of hydrogen-bond donors (Lipinski definition) is 0. The Morgan fingerprint density at radius 2 is 1.00 bits per heavy atom. The first-order valence-electron chi connectivity index (χ1n) is 19.8. The standard InChI is InChI=1S/C54H42N2/c1-53(2)45-26-11-8-21-40(45)42-32-31-38(34-47(42)53)55(50-30-16-25-43-41-22-9-12-27-46(41)54(3,4)52(43)50)37-20-14-17-35(33-37)39-24-15-29-49-51(39)44-23-10-13-28-48(44)56(49)36-18-6-5-7-19-36/h5-34H,1-4H3. The number of para-hydroxylation sites is 2. The fraction of sp³-hybridized carbons (Fsp3) is 0.111. The maximum atomic E-state index is 2.53. The van der Waals surface area contributed by atoms with E-state index in [-0.39, 0.29) is 10.8 Å². The smallest absolute Gasteiger partial charge is 0.0547 e. The molecule has 2 heteroatoms. The van der Waals surface area contributed by atoms with Gasteiger partial charge in [0.1, 0.15) is 0 Å². The molecule has 1 aromatic heterocycles. The third kappa shape index (κ3) is 4.56. The second-order valence-corrected chi connectivity index (χ2v) is 16.5. The zero-order valence-corrected chi connectivity index (χ0v) is 32.2. The monoisotopic (exact) mass is 718 g/mol. The molecule has 1 heterocycles. The summed E-state index contributed by atoms with van der Waals surface area (Å²) < 4.78 is 2.40. The molecule has 0 amide bonds. The molecule has 2 nitrogen and oxygen atoms in total. The van der Waals surface area contributed by atoms with Crippen LogP contribution in [-0.4, -0.2) is 4.57 Å². The molecule has 0 fully saturated rings. The van der Waals surface area contributed by atoms with Gasteiger partial charge < -0.3 is 9.47 Å². The van der Waals surface area contributed by atoms with Crippen molar-refractivity contribution in [2.24, 2.45) is 0 Å². The molecule has 268 valence electrons. The molecule has 0 saturated heterocycles. The summed E-state index contributed by atoms with van der Waals surface area (Å²) >= 11 is 0. The maximum absolute atomic E-state index is 2.53. The van der Waals surface area contributed by atoms with E-state index in [1.807, 2.05) is 0 Å². The van der Waals surface area contributed by atoms with Crippen LogP contribution in [0.5, 0.6) is 0 Å². The van der Waals surface area contributed by atoms with Crippen LogP contribution in [0, 0.1) is 0 Å². The molecule has 0 N–H and O–H groups in total. The van der Waals surface area contributed by atoms with Gasteiger partial charge in [-0.1, -0.05) is 155 Å². The lowest BCUT2D eigenvalue weighted by Gasteiger charge is -2.33. The Hall–Kier alpha value is -6.64. The zero-order chi connectivity index (χ0) is 37.8. The van der Waals surface area contributed by atoms with Gasteiger partial charge in [-0.25, -0.2) is 0 Å². The average molecular weight is 719 g/mol. The second-order valence-electron chi connectivity index (χ2n) is 16.5. The highest BCUT2D eigenvalue weighted by Gasteiger charge is 2.40. The van der Waals surface area contributed by atoms with E-state index in [4.69, 9.17) is 0 Å². The summed E-state index contributed by atoms with van der Waals surface area (Å²) in [6.45, 7) is 9.53. The van der Waals surface area contributed by atoms with E-state index in [0.29, 0.717) is 0 Å². The van der Waals surface area contributed by atoms with Crippen molar-refractivity contribution in [1.82, 2.24) is 4.57 Å². The highest BCUT2D eigenvalue weighted by Crippen LogP contribution is 2.56. The summed E-state index contributed by atoms with van der Waals surface area (Å²) in [4.78, 5) is 2.53. The Balaban J connectivity index is 1.15. The number of nitrogens with zero attached hydrogens (tertiary/aromatic N) is 2. The summed E-state index contributed by atoms with van der Waals surface area (Å²) in [5.41, 5.74) is 20.0. The number of fused-ring (bicyclic) bond motifs is 9. The van der Waals surface area contributed by atoms with E-state index in [1.165, 1.54) is 94.5 Å². The average Bonchev–Trinajstić information content (AvgIpc) is 3.79. The first kappa shape index (κ1) is 32.8. The maximum Gasteiger partial charge on any atom is 0.0547 e. The molecule has 2 aliphatic carbocycles. The predicted octanol–water partition coefficient (Wildman–Crippen LogP) is 14.5. The summed E-state index contributed by atoms with van der Waals surface area (Å²) in [6, 6.07) is 67.5. The van der Waals surface area contributed by atoms with Crippen LogP contribution >= 0.6 is 0 Å². The van der Waals surface area contributed by atoms with Crippen LogP contribution in [0.4, 0.5) is 17.1 Å². The molecule has 2 aliphatic rings. The summed E-state index contributed by atoms with van der Waals surface area (Å²) in [7, 11) is 0. The lowest BCUT2D eigenvalue weighted by Crippen LogP contribution is -2.21. The van der Waals surface area contributed by atoms with Crippen molar-refractivity contribution in [3.8, 4) is 39.1 Å². The molecule has 0 aliphatic heterocycles. The van der Waals surface area contributed by atoms with E-state index < -0.39 is 0 Å². The van der Waals surface area contributed by atoms with Crippen molar-refractivity contribution in [3.63, 3.8) is 0 Å². The topological polar surface area (TPSA) is 8.17 Å². The lowest BCUT2D eigenvalue weighted by molar-refractivity contribution is 0.658. The van der Waals surface area contributed by atoms with Crippen LogP contribution < -0.4 is 4.90 Å². The van der Waals surface area contributed by atoms with Crippen LogP contribution in [0.2, 0.25) is 0 Å². The first-order valence-corrected chi connectivity index (χ1v) is 19.8. The second kappa shape index (κ2) is 11.9. The molecule has 0 saturated carbocycles. The summed E-state index contributed by atoms with van der Waals surface area (Å²) in [6.07, 6.45) is 0. The summed E-state index contributed by atoms with van der Waals surface area (Å²) in [5.74, 6) is 0. The SMILES string of the molecule is CC1(C)c2ccccc2-c2ccc(N(c3cccc(-c4cccc5c4c4ccccc4n5-c4ccccc4)c3)c3cccc4c3C(C)(C)c3ccccc3-4)cc21. The molecule has 0 radical (unpaired) electrons. The Morgan fingerprint density at radius 1 is 0.411 bits per heavy atom. The zero-order valence-electron chi connectivity index (χ0n) is 32.2. The molecule has 0 bridgehead atoms. The van der Waals surface area contributed by atoms with Gasteiger partial charge in [0.05, 0.1) is 16.7 Å². The Kier molecular flexibility index (Phi) is 6.98. The lowest BCUT2D eigenvalue weighted by atomic mass is 9.81. The minimum absolute atomic E-state index is 0.119. The Morgan fingerprint density at radius 3 is 1.82 bits per heavy atom. The van der Waals surface area contributed by atoms with Crippen molar-refractivity contribution < 1.29 is 0 Å². The van der Waals surface area contributed by atoms with E-state index >= 15 is 0 Å². The predicted molar refractivity (Wildman–Crippen MR) is 236 cm³/mol. The number of hydrogen-bond acceptors (Lipinski definition) is 1. The number of benzene rings is 8. The van der Waals surface area contributed by atoms with Crippen molar-refractivity contribution in [1.29, 1.82) is 0 Å². The molecule has 9 aromatic rings. The quantitative estimate of drug-likeness (QED) is 0.172. The van der Waals surface area contributed by atoms with E-state index in [2.05, 4.69) is 219 Å². The van der Waals surface area contributed by atoms with E-state index in [1.54, 1.807) is 0 Å². The van der Waals surface area contributed by atoms with Gasteiger partial charge in [-0.2, -0.15) is 0 Å². The van der Waals surface area contributed by atoms with Crippen LogP contribution in [0.15, 0.2) is 182 Å². The highest BCUT2D eigenvalue weighted by atomic mass is 15.1. The first-order chi connectivity index (χ1) is 27.3. The molecule has 8 aromatic carbocycles. The largest absolute Gasteiger partial charge is 0.310 e. The number of anilines is 3. The van der Waals surface area contributed by atoms with Crippen LogP contribution in [0.25, 0.3) is 60.9 Å². The minimum atomic E-state index is -0.185. The van der Waals surface area contributed by atoms with Gasteiger partial charge in [-0.05, 0) is 110 Å². The Labute approximate surface area is 328 Å². The third-order valence-corrected chi connectivity index (χ3v) is 12.8. The fourth-order valence-corrected chi connectivity index (χ4v) is 10.2. The van der Waals surface area contributed by atoms with Crippen molar-refractivity contribution in [3.05, 3.63) is 204 Å².